The zero-order valence-corrected chi connectivity index (χ0v) is 6.89. The van der Waals surface area contributed by atoms with Gasteiger partial charge in [-0.2, -0.15) is 0 Å². The summed E-state index contributed by atoms with van der Waals surface area (Å²) in [6.45, 7) is 2.20. The first-order valence-corrected chi connectivity index (χ1v) is 4.15. The van der Waals surface area contributed by atoms with Crippen molar-refractivity contribution in [2.45, 2.75) is 13.3 Å². The van der Waals surface area contributed by atoms with Gasteiger partial charge < -0.3 is 0 Å². The molecular weight excluding hydrogens is 172 g/mol. The lowest BCUT2D eigenvalue weighted by molar-refractivity contribution is 0.648. The van der Waals surface area contributed by atoms with Gasteiger partial charge in [-0.1, -0.05) is 35.5 Å². The molecule has 0 aromatic rings. The lowest BCUT2D eigenvalue weighted by Gasteiger charge is -2.00. The van der Waals surface area contributed by atoms with E-state index >= 15 is 0 Å². The molecule has 0 fully saturated rings. The van der Waals surface area contributed by atoms with Crippen molar-refractivity contribution in [3.05, 3.63) is 0 Å². The molecule has 0 spiro atoms. The second-order valence-electron chi connectivity index (χ2n) is 1.75. The Morgan fingerprint density at radius 2 is 2.29 bits per heavy atom. The Morgan fingerprint density at radius 1 is 1.71 bits per heavy atom. The second-order valence-corrected chi connectivity index (χ2v) is 2.81. The molecule has 1 radical (unpaired) electrons. The summed E-state index contributed by atoms with van der Waals surface area (Å²) in [6.07, 6.45) is 1.17. The van der Waals surface area contributed by atoms with Crippen molar-refractivity contribution in [1.29, 1.82) is 0 Å². The lowest BCUT2D eigenvalue weighted by atomic mass is 10.2. The molecular formula is C5H10BrS. The minimum atomic E-state index is 0.762. The number of alkyl halides is 1. The molecule has 0 rings (SSSR count). The van der Waals surface area contributed by atoms with E-state index in [2.05, 4.69) is 22.9 Å². The summed E-state index contributed by atoms with van der Waals surface area (Å²) < 4.78 is 0. The van der Waals surface area contributed by atoms with Gasteiger partial charge in [-0.15, -0.1) is 0 Å². The van der Waals surface area contributed by atoms with Crippen molar-refractivity contribution >= 4 is 28.6 Å². The van der Waals surface area contributed by atoms with E-state index in [4.69, 9.17) is 12.6 Å². The van der Waals surface area contributed by atoms with Gasteiger partial charge in [0.25, 0.3) is 0 Å². The van der Waals surface area contributed by atoms with E-state index in [1.807, 2.05) is 0 Å². The van der Waals surface area contributed by atoms with Crippen LogP contribution in [0.5, 0.6) is 0 Å². The molecule has 0 heterocycles. The monoisotopic (exact) mass is 181 g/mol. The Hall–Kier alpha value is 0.830. The maximum Gasteiger partial charge on any atom is 0.00573 e. The fourth-order valence-corrected chi connectivity index (χ4v) is 1.00. The zero-order valence-electron chi connectivity index (χ0n) is 4.48. The van der Waals surface area contributed by atoms with Crippen LogP contribution < -0.4 is 0 Å². The number of hydrogen-bond donors (Lipinski definition) is 0. The summed E-state index contributed by atoms with van der Waals surface area (Å²) >= 11 is 8.14. The largest absolute Gasteiger partial charge is 0.0941 e. The predicted molar refractivity (Wildman–Crippen MR) is 40.0 cm³/mol. The van der Waals surface area contributed by atoms with E-state index < -0.39 is 0 Å². The van der Waals surface area contributed by atoms with Crippen molar-refractivity contribution in [3.8, 4) is 0 Å². The van der Waals surface area contributed by atoms with Crippen LogP contribution in [-0.4, -0.2) is 11.1 Å². The molecule has 1 atom stereocenters. The van der Waals surface area contributed by atoms with Gasteiger partial charge in [0.1, 0.15) is 0 Å². The van der Waals surface area contributed by atoms with E-state index in [9.17, 15) is 0 Å². The van der Waals surface area contributed by atoms with Gasteiger partial charge in [0, 0.05) is 11.1 Å². The van der Waals surface area contributed by atoms with Crippen LogP contribution in [0, 0.1) is 5.92 Å². The zero-order chi connectivity index (χ0) is 5.70. The molecule has 0 aliphatic rings. The maximum atomic E-state index is 4.77. The summed E-state index contributed by atoms with van der Waals surface area (Å²) in [4.78, 5) is 0. The number of rotatable bonds is 3. The highest BCUT2D eigenvalue weighted by Gasteiger charge is 1.94. The van der Waals surface area contributed by atoms with Crippen LogP contribution in [0.4, 0.5) is 0 Å². The molecule has 0 aromatic carbocycles. The van der Waals surface area contributed by atoms with Crippen LogP contribution in [0.2, 0.25) is 0 Å². The van der Waals surface area contributed by atoms with Crippen LogP contribution in [0.3, 0.4) is 0 Å². The highest BCUT2D eigenvalue weighted by Crippen LogP contribution is 2.05. The Labute approximate surface area is 59.2 Å². The molecule has 0 nitrogen and oxygen atoms in total. The van der Waals surface area contributed by atoms with E-state index in [-0.39, 0.29) is 0 Å². The third kappa shape index (κ3) is 4.69. The lowest BCUT2D eigenvalue weighted by Crippen LogP contribution is -1.94. The van der Waals surface area contributed by atoms with E-state index in [0.29, 0.717) is 0 Å². The topological polar surface area (TPSA) is 0 Å². The molecule has 7 heavy (non-hydrogen) atoms. The molecule has 0 saturated carbocycles. The molecule has 1 unspecified atom stereocenters. The second kappa shape index (κ2) is 4.98. The van der Waals surface area contributed by atoms with Gasteiger partial charge in [0.2, 0.25) is 0 Å². The molecule has 0 saturated heterocycles. The van der Waals surface area contributed by atoms with Crippen molar-refractivity contribution in [2.24, 2.45) is 5.92 Å². The van der Waals surface area contributed by atoms with Gasteiger partial charge in [0.15, 0.2) is 0 Å². The smallest absolute Gasteiger partial charge is 0.00573 e. The standard InChI is InChI=1S/C5H10BrS/c1-5(4-6)2-3-7/h5H,2-4H2,1H3. The van der Waals surface area contributed by atoms with Crippen LogP contribution in [-0.2, 0) is 0 Å². The molecule has 0 bridgehead atoms. The first-order chi connectivity index (χ1) is 3.31. The minimum absolute atomic E-state index is 0.762. The molecule has 43 valence electrons. The van der Waals surface area contributed by atoms with Crippen LogP contribution in [0.25, 0.3) is 0 Å². The molecule has 0 aromatic heterocycles. The number of halogens is 1. The van der Waals surface area contributed by atoms with Crippen molar-refractivity contribution < 1.29 is 0 Å². The summed E-state index contributed by atoms with van der Waals surface area (Å²) in [5.41, 5.74) is 0. The van der Waals surface area contributed by atoms with Gasteiger partial charge in [-0.05, 0) is 12.3 Å². The van der Waals surface area contributed by atoms with E-state index in [1.54, 1.807) is 0 Å². The van der Waals surface area contributed by atoms with Gasteiger partial charge in [-0.25, -0.2) is 0 Å². The first kappa shape index (κ1) is 7.83. The molecule has 0 N–H and O–H groups in total. The molecule has 0 aliphatic heterocycles. The highest BCUT2D eigenvalue weighted by atomic mass is 79.9. The maximum absolute atomic E-state index is 4.77. The average molecular weight is 182 g/mol. The fraction of sp³-hybridized carbons (Fsp3) is 1.00. The SMILES string of the molecule is CC(CBr)CC[S]. The fourth-order valence-electron chi connectivity index (χ4n) is 0.278. The third-order valence-corrected chi connectivity index (χ3v) is 2.22. The van der Waals surface area contributed by atoms with Crippen LogP contribution in [0.15, 0.2) is 0 Å². The quantitative estimate of drug-likeness (QED) is 0.588. The van der Waals surface area contributed by atoms with Crippen molar-refractivity contribution in [2.75, 3.05) is 11.1 Å². The Bertz CT molecular complexity index is 39.1. The normalized spacial score (nSPS) is 14.1. The van der Waals surface area contributed by atoms with Crippen LogP contribution >= 0.6 is 28.6 Å². The minimum Gasteiger partial charge on any atom is -0.0941 e. The summed E-state index contributed by atoms with van der Waals surface area (Å²) in [6, 6.07) is 0. The van der Waals surface area contributed by atoms with Gasteiger partial charge >= 0.3 is 0 Å². The highest BCUT2D eigenvalue weighted by molar-refractivity contribution is 9.09. The summed E-state index contributed by atoms with van der Waals surface area (Å²) in [5, 5.41) is 1.09. The van der Waals surface area contributed by atoms with Gasteiger partial charge in [-0.3, -0.25) is 0 Å². The third-order valence-electron chi connectivity index (χ3n) is 0.874. The van der Waals surface area contributed by atoms with Crippen molar-refractivity contribution in [1.82, 2.24) is 0 Å². The molecule has 0 amide bonds. The first-order valence-electron chi connectivity index (χ1n) is 2.45. The van der Waals surface area contributed by atoms with E-state index in [0.717, 1.165) is 17.0 Å². The molecule has 0 aliphatic carbocycles. The van der Waals surface area contributed by atoms with Gasteiger partial charge in [0.05, 0.1) is 0 Å². The number of hydrogen-bond acceptors (Lipinski definition) is 0. The summed E-state index contributed by atoms with van der Waals surface area (Å²) in [5.74, 6) is 1.66. The Balaban J connectivity index is 2.83. The summed E-state index contributed by atoms with van der Waals surface area (Å²) in [7, 11) is 0. The van der Waals surface area contributed by atoms with Crippen molar-refractivity contribution in [3.63, 3.8) is 0 Å². The Morgan fingerprint density at radius 3 is 2.43 bits per heavy atom. The average Bonchev–Trinajstić information content (AvgIpc) is 1.68. The Kier molecular flexibility index (Phi) is 5.57. The van der Waals surface area contributed by atoms with E-state index in [1.165, 1.54) is 6.42 Å². The molecule has 2 heteroatoms. The predicted octanol–water partition coefficient (Wildman–Crippen LogP) is 2.61. The van der Waals surface area contributed by atoms with Crippen LogP contribution in [0.1, 0.15) is 13.3 Å².